The molecule has 2 aromatic heterocycles. The number of aliphatic imine (C=N–C) groups is 1. The highest BCUT2D eigenvalue weighted by Crippen LogP contribution is 2.38. The van der Waals surface area contributed by atoms with Gasteiger partial charge in [-0.25, -0.2) is 13.2 Å². The van der Waals surface area contributed by atoms with E-state index < -0.39 is 23.8 Å². The fourth-order valence-electron chi connectivity index (χ4n) is 4.16. The lowest BCUT2D eigenvalue weighted by molar-refractivity contribution is 0.0519. The van der Waals surface area contributed by atoms with Crippen molar-refractivity contribution in [3.63, 3.8) is 0 Å². The van der Waals surface area contributed by atoms with E-state index in [1.54, 1.807) is 17.2 Å². The number of hydrogen-bond acceptors (Lipinski definition) is 7. The Bertz CT molecular complexity index is 1210. The van der Waals surface area contributed by atoms with Crippen molar-refractivity contribution >= 4 is 5.84 Å². The molecule has 3 aromatic rings. The number of amidine groups is 1. The van der Waals surface area contributed by atoms with Gasteiger partial charge in [0, 0.05) is 23.7 Å². The Morgan fingerprint density at radius 2 is 2.06 bits per heavy atom. The van der Waals surface area contributed by atoms with Gasteiger partial charge >= 0.3 is 0 Å². The first-order valence-electron chi connectivity index (χ1n) is 10.7. The monoisotopic (exact) mass is 457 g/mol. The number of nitrogens with zero attached hydrogens (tertiary/aromatic N) is 5. The first kappa shape index (κ1) is 21.6. The summed E-state index contributed by atoms with van der Waals surface area (Å²) >= 11 is 0. The van der Waals surface area contributed by atoms with Crippen molar-refractivity contribution in [1.82, 2.24) is 20.1 Å². The molecule has 0 amide bonds. The number of likely N-dealkylation sites (tertiary alicyclic amines) is 1. The number of rotatable bonds is 5. The molecule has 2 atom stereocenters. The Labute approximate surface area is 188 Å². The molecule has 1 fully saturated rings. The third-order valence-electron chi connectivity index (χ3n) is 5.68. The zero-order valence-electron chi connectivity index (χ0n) is 18.1. The highest BCUT2D eigenvalue weighted by Gasteiger charge is 2.39. The summed E-state index contributed by atoms with van der Waals surface area (Å²) in [7, 11) is 0. The van der Waals surface area contributed by atoms with Crippen LogP contribution in [0.25, 0.3) is 11.5 Å². The molecular formula is C23H22F3N5O2. The Balaban J connectivity index is 1.45. The molecule has 0 saturated carbocycles. The molecule has 0 aliphatic carbocycles. The van der Waals surface area contributed by atoms with Gasteiger partial charge in [0.05, 0.1) is 36.5 Å². The highest BCUT2D eigenvalue weighted by atomic mass is 19.1. The van der Waals surface area contributed by atoms with Crippen LogP contribution in [0.3, 0.4) is 0 Å². The highest BCUT2D eigenvalue weighted by molar-refractivity contribution is 6.02. The van der Waals surface area contributed by atoms with E-state index in [-0.39, 0.29) is 37.1 Å². The summed E-state index contributed by atoms with van der Waals surface area (Å²) < 4.78 is 54.0. The zero-order valence-corrected chi connectivity index (χ0v) is 18.1. The summed E-state index contributed by atoms with van der Waals surface area (Å²) in [6, 6.07) is 4.37. The lowest BCUT2D eigenvalue weighted by Crippen LogP contribution is -2.32. The van der Waals surface area contributed by atoms with Gasteiger partial charge in [0.25, 0.3) is 0 Å². The van der Waals surface area contributed by atoms with Gasteiger partial charge in [-0.15, -0.1) is 10.2 Å². The van der Waals surface area contributed by atoms with Crippen LogP contribution < -0.4 is 0 Å². The molecule has 5 rings (SSSR count). The Morgan fingerprint density at radius 3 is 2.88 bits per heavy atom. The van der Waals surface area contributed by atoms with Crippen LogP contribution in [0.15, 0.2) is 39.9 Å². The molecule has 2 aliphatic heterocycles. The topological polar surface area (TPSA) is 76.6 Å². The van der Waals surface area contributed by atoms with Crippen molar-refractivity contribution in [2.45, 2.75) is 51.7 Å². The third-order valence-corrected chi connectivity index (χ3v) is 5.68. The second kappa shape index (κ2) is 8.58. The average molecular weight is 457 g/mol. The van der Waals surface area contributed by atoms with Crippen LogP contribution in [-0.4, -0.2) is 44.7 Å². The Morgan fingerprint density at radius 1 is 1.21 bits per heavy atom. The lowest BCUT2D eigenvalue weighted by atomic mass is 10.0. The molecule has 0 N–H and O–H groups in total. The van der Waals surface area contributed by atoms with Gasteiger partial charge < -0.3 is 14.1 Å². The van der Waals surface area contributed by atoms with Gasteiger partial charge in [-0.2, -0.15) is 0 Å². The van der Waals surface area contributed by atoms with Gasteiger partial charge in [0.15, 0.2) is 0 Å². The number of pyridine rings is 1. The van der Waals surface area contributed by atoms with Gasteiger partial charge in [-0.05, 0) is 38.1 Å². The molecule has 0 unspecified atom stereocenters. The van der Waals surface area contributed by atoms with E-state index in [1.165, 1.54) is 0 Å². The number of benzene rings is 1. The molecule has 2 aliphatic rings. The molecule has 0 radical (unpaired) electrons. The first-order valence-corrected chi connectivity index (χ1v) is 10.7. The SMILES string of the molecule is CC(C)OCc1nnc(-c2cnc3c(c2)C(N2C[C@@H](F)C[C@@H]2c2cc(F)ccc2F)=NC3)o1. The Hall–Kier alpha value is -3.27. The maximum Gasteiger partial charge on any atom is 0.249 e. The van der Waals surface area contributed by atoms with Crippen LogP contribution in [0.4, 0.5) is 13.2 Å². The fourth-order valence-corrected chi connectivity index (χ4v) is 4.16. The van der Waals surface area contributed by atoms with Crippen molar-refractivity contribution in [2.24, 2.45) is 4.99 Å². The van der Waals surface area contributed by atoms with E-state index in [0.717, 1.165) is 18.2 Å². The van der Waals surface area contributed by atoms with Crippen molar-refractivity contribution in [3.8, 4) is 11.5 Å². The second-order valence-corrected chi connectivity index (χ2v) is 8.39. The molecule has 7 nitrogen and oxygen atoms in total. The van der Waals surface area contributed by atoms with Crippen molar-refractivity contribution < 1.29 is 22.3 Å². The quantitative estimate of drug-likeness (QED) is 0.566. The van der Waals surface area contributed by atoms with Crippen LogP contribution in [0.5, 0.6) is 0 Å². The second-order valence-electron chi connectivity index (χ2n) is 8.39. The van der Waals surface area contributed by atoms with E-state index in [0.29, 0.717) is 35.1 Å². The maximum absolute atomic E-state index is 14.5. The molecule has 33 heavy (non-hydrogen) atoms. The number of fused-ring (bicyclic) bond motifs is 1. The summed E-state index contributed by atoms with van der Waals surface area (Å²) in [5, 5.41) is 8.06. The fraction of sp³-hybridized carbons (Fsp3) is 0.391. The predicted molar refractivity (Wildman–Crippen MR) is 113 cm³/mol. The number of ether oxygens (including phenoxy) is 1. The molecule has 1 aromatic carbocycles. The number of aromatic nitrogens is 3. The summed E-state index contributed by atoms with van der Waals surface area (Å²) in [6.45, 7) is 4.36. The summed E-state index contributed by atoms with van der Waals surface area (Å²) in [5.74, 6) is -0.0322. The van der Waals surface area contributed by atoms with Crippen LogP contribution >= 0.6 is 0 Å². The van der Waals surface area contributed by atoms with Crippen LogP contribution in [0, 0.1) is 11.6 Å². The number of halogens is 3. The molecule has 10 heteroatoms. The van der Waals surface area contributed by atoms with Crippen LogP contribution in [0.1, 0.15) is 49.0 Å². The van der Waals surface area contributed by atoms with Crippen molar-refractivity contribution in [2.75, 3.05) is 6.54 Å². The summed E-state index contributed by atoms with van der Waals surface area (Å²) in [5.41, 5.74) is 2.08. The van der Waals surface area contributed by atoms with E-state index in [1.807, 2.05) is 13.8 Å². The normalized spacial score (nSPS) is 19.9. The minimum atomic E-state index is -1.19. The Kier molecular flexibility index (Phi) is 5.61. The minimum Gasteiger partial charge on any atom is -0.418 e. The van der Waals surface area contributed by atoms with Gasteiger partial charge in [0.1, 0.15) is 30.2 Å². The van der Waals surface area contributed by atoms with Crippen molar-refractivity contribution in [3.05, 3.63) is 64.8 Å². The largest absolute Gasteiger partial charge is 0.418 e. The molecule has 0 bridgehead atoms. The zero-order chi connectivity index (χ0) is 23.1. The van der Waals surface area contributed by atoms with Gasteiger partial charge in [-0.3, -0.25) is 9.98 Å². The molecule has 172 valence electrons. The molecule has 0 spiro atoms. The van der Waals surface area contributed by atoms with E-state index in [9.17, 15) is 13.2 Å². The minimum absolute atomic E-state index is 0.0245. The van der Waals surface area contributed by atoms with Gasteiger partial charge in [-0.1, -0.05) is 0 Å². The van der Waals surface area contributed by atoms with Crippen molar-refractivity contribution in [1.29, 1.82) is 0 Å². The standard InChI is InChI=1S/C23H22F3N5O2/c1-12(2)32-11-21-29-30-23(33-21)13-5-17-19(27-8-13)9-28-22(17)31-10-15(25)7-20(31)16-6-14(24)3-4-18(16)26/h3-6,8,12,15,20H,7,9-11H2,1-2H3/t15-,20+/m0/s1. The first-order chi connectivity index (χ1) is 15.9. The van der Waals surface area contributed by atoms with E-state index >= 15 is 0 Å². The lowest BCUT2D eigenvalue weighted by Gasteiger charge is -2.27. The molecular weight excluding hydrogens is 435 g/mol. The molecule has 4 heterocycles. The number of alkyl halides is 1. The van der Waals surface area contributed by atoms with Gasteiger partial charge in [0.2, 0.25) is 11.8 Å². The summed E-state index contributed by atoms with van der Waals surface area (Å²) in [6.07, 6.45) is 0.491. The van der Waals surface area contributed by atoms with E-state index in [4.69, 9.17) is 9.15 Å². The third kappa shape index (κ3) is 4.22. The predicted octanol–water partition coefficient (Wildman–Crippen LogP) is 4.38. The van der Waals surface area contributed by atoms with Crippen LogP contribution in [0.2, 0.25) is 0 Å². The smallest absolute Gasteiger partial charge is 0.249 e. The summed E-state index contributed by atoms with van der Waals surface area (Å²) in [4.78, 5) is 10.7. The number of hydrogen-bond donors (Lipinski definition) is 0. The van der Waals surface area contributed by atoms with Crippen LogP contribution in [-0.2, 0) is 17.9 Å². The maximum atomic E-state index is 14.5. The van der Waals surface area contributed by atoms with E-state index in [2.05, 4.69) is 20.2 Å². The molecule has 1 saturated heterocycles. The average Bonchev–Trinajstić information content (AvgIpc) is 3.51.